The van der Waals surface area contributed by atoms with E-state index in [1.807, 2.05) is 5.32 Å². The van der Waals surface area contributed by atoms with E-state index in [1.54, 1.807) is 48.5 Å². The Bertz CT molecular complexity index is 728. The molecule has 9 heteroatoms. The van der Waals surface area contributed by atoms with Crippen molar-refractivity contribution in [3.05, 3.63) is 35.1 Å². The Morgan fingerprint density at radius 2 is 1.75 bits per heavy atom. The SMILES string of the molecule is C[C@@H](N[S@](=O)C(C)(C)C)c1cccc(C(F)(F)CNC(=O)OC(C)(C)C)c1F. The number of hydrogen-bond donors (Lipinski definition) is 2. The summed E-state index contributed by atoms with van der Waals surface area (Å²) in [5.41, 5.74) is -1.72. The molecule has 2 atom stereocenters. The lowest BCUT2D eigenvalue weighted by Gasteiger charge is -2.25. The van der Waals surface area contributed by atoms with Crippen molar-refractivity contribution in [2.24, 2.45) is 0 Å². The molecule has 0 bridgehead atoms. The number of amides is 1. The number of alkyl halides is 2. The van der Waals surface area contributed by atoms with Gasteiger partial charge in [-0.15, -0.1) is 0 Å². The van der Waals surface area contributed by atoms with Gasteiger partial charge in [-0.25, -0.2) is 18.1 Å². The van der Waals surface area contributed by atoms with Crippen LogP contribution in [0.3, 0.4) is 0 Å². The van der Waals surface area contributed by atoms with Crippen LogP contribution in [-0.2, 0) is 21.6 Å². The van der Waals surface area contributed by atoms with E-state index in [-0.39, 0.29) is 5.56 Å². The maximum absolute atomic E-state index is 14.8. The Morgan fingerprint density at radius 1 is 1.18 bits per heavy atom. The average molecular weight is 423 g/mol. The number of halogens is 3. The van der Waals surface area contributed by atoms with Crippen molar-refractivity contribution >= 4 is 17.1 Å². The Kier molecular flexibility index (Phi) is 7.69. The predicted molar refractivity (Wildman–Crippen MR) is 104 cm³/mol. The molecule has 0 radical (unpaired) electrons. The van der Waals surface area contributed by atoms with Crippen molar-refractivity contribution in [1.82, 2.24) is 10.0 Å². The smallest absolute Gasteiger partial charge is 0.407 e. The number of hydrogen-bond acceptors (Lipinski definition) is 3. The van der Waals surface area contributed by atoms with Crippen molar-refractivity contribution in [3.63, 3.8) is 0 Å². The normalized spacial score (nSPS) is 15.1. The Morgan fingerprint density at radius 3 is 2.25 bits per heavy atom. The summed E-state index contributed by atoms with van der Waals surface area (Å²) in [5, 5.41) is 1.96. The molecule has 1 rings (SSSR count). The number of nitrogens with one attached hydrogen (secondary N) is 2. The molecular weight excluding hydrogens is 393 g/mol. The highest BCUT2D eigenvalue weighted by molar-refractivity contribution is 7.84. The molecule has 5 nitrogen and oxygen atoms in total. The fourth-order valence-electron chi connectivity index (χ4n) is 2.16. The topological polar surface area (TPSA) is 67.4 Å². The van der Waals surface area contributed by atoms with E-state index in [0.717, 1.165) is 6.07 Å². The Labute approximate surface area is 167 Å². The first-order valence-electron chi connectivity index (χ1n) is 8.86. The highest BCUT2D eigenvalue weighted by Gasteiger charge is 2.37. The molecule has 0 aromatic heterocycles. The fourth-order valence-corrected chi connectivity index (χ4v) is 2.96. The molecule has 28 heavy (non-hydrogen) atoms. The summed E-state index contributed by atoms with van der Waals surface area (Å²) in [4.78, 5) is 11.6. The molecule has 0 aliphatic rings. The van der Waals surface area contributed by atoms with Crippen LogP contribution >= 0.6 is 0 Å². The van der Waals surface area contributed by atoms with Crippen LogP contribution in [0, 0.1) is 5.82 Å². The highest BCUT2D eigenvalue weighted by atomic mass is 32.2. The van der Waals surface area contributed by atoms with E-state index in [2.05, 4.69) is 4.72 Å². The van der Waals surface area contributed by atoms with Crippen molar-refractivity contribution in [1.29, 1.82) is 0 Å². The van der Waals surface area contributed by atoms with Crippen LogP contribution in [0.1, 0.15) is 65.6 Å². The summed E-state index contributed by atoms with van der Waals surface area (Å²) in [7, 11) is -1.50. The van der Waals surface area contributed by atoms with Gasteiger partial charge in [0.1, 0.15) is 11.4 Å². The number of benzene rings is 1. The second kappa shape index (κ2) is 8.82. The minimum absolute atomic E-state index is 0.0351. The van der Waals surface area contributed by atoms with E-state index < -0.39 is 57.3 Å². The van der Waals surface area contributed by atoms with E-state index in [9.17, 15) is 22.2 Å². The van der Waals surface area contributed by atoms with Crippen molar-refractivity contribution in [2.45, 2.75) is 70.8 Å². The Balaban J connectivity index is 2.98. The monoisotopic (exact) mass is 422 g/mol. The van der Waals surface area contributed by atoms with Crippen LogP contribution in [0.4, 0.5) is 18.0 Å². The van der Waals surface area contributed by atoms with Gasteiger partial charge in [-0.1, -0.05) is 12.1 Å². The van der Waals surface area contributed by atoms with Crippen LogP contribution in [-0.4, -0.2) is 27.2 Å². The molecule has 1 aromatic carbocycles. The standard InChI is InChI=1S/C19H29F3N2O3S/c1-12(24-28(26)18(5,6)7)13-9-8-10-14(15(13)20)19(21,22)11-23-16(25)27-17(2,3)4/h8-10,12,24H,11H2,1-7H3,(H,23,25)/t12-,28-/m1/s1. The number of ether oxygens (including phenoxy) is 1. The van der Waals surface area contributed by atoms with Crippen molar-refractivity contribution in [2.75, 3.05) is 6.54 Å². The van der Waals surface area contributed by atoms with Crippen molar-refractivity contribution in [3.8, 4) is 0 Å². The second-order valence-corrected chi connectivity index (χ2v) is 10.5. The molecule has 160 valence electrons. The lowest BCUT2D eigenvalue weighted by Crippen LogP contribution is -2.39. The van der Waals surface area contributed by atoms with Crippen LogP contribution in [0.25, 0.3) is 0 Å². The molecule has 1 aromatic rings. The van der Waals surface area contributed by atoms with Crippen LogP contribution in [0.2, 0.25) is 0 Å². The van der Waals surface area contributed by atoms with Gasteiger partial charge in [0.15, 0.2) is 0 Å². The van der Waals surface area contributed by atoms with Gasteiger partial charge in [0.2, 0.25) is 0 Å². The first-order chi connectivity index (χ1) is 12.5. The molecule has 0 heterocycles. The average Bonchev–Trinajstić information content (AvgIpc) is 2.50. The van der Waals surface area contributed by atoms with E-state index >= 15 is 0 Å². The molecule has 1 amide bonds. The minimum atomic E-state index is -3.65. The zero-order chi connectivity index (χ0) is 21.9. The Hall–Kier alpha value is -1.61. The number of carbonyl (C=O) groups excluding carboxylic acids is 1. The molecule has 0 aliphatic carbocycles. The summed E-state index contributed by atoms with van der Waals surface area (Å²) >= 11 is 0. The van der Waals surface area contributed by atoms with Crippen LogP contribution in [0.5, 0.6) is 0 Å². The highest BCUT2D eigenvalue weighted by Crippen LogP contribution is 2.33. The van der Waals surface area contributed by atoms with Gasteiger partial charge in [-0.3, -0.25) is 0 Å². The maximum Gasteiger partial charge on any atom is 0.407 e. The third-order valence-electron chi connectivity index (χ3n) is 3.58. The van der Waals surface area contributed by atoms with Gasteiger partial charge in [-0.05, 0) is 54.5 Å². The molecule has 0 aliphatic heterocycles. The molecule has 0 spiro atoms. The molecule has 0 saturated heterocycles. The molecular formula is C19H29F3N2O3S. The van der Waals surface area contributed by atoms with E-state index in [0.29, 0.717) is 0 Å². The summed E-state index contributed by atoms with van der Waals surface area (Å²) in [5.74, 6) is -4.76. The lowest BCUT2D eigenvalue weighted by molar-refractivity contribution is -0.0122. The van der Waals surface area contributed by atoms with Crippen LogP contribution in [0.15, 0.2) is 18.2 Å². The molecule has 0 saturated carbocycles. The minimum Gasteiger partial charge on any atom is -0.444 e. The molecule has 2 N–H and O–H groups in total. The lowest BCUT2D eigenvalue weighted by atomic mass is 10.0. The fraction of sp³-hybridized carbons (Fsp3) is 0.632. The van der Waals surface area contributed by atoms with Gasteiger partial charge >= 0.3 is 6.09 Å². The van der Waals surface area contributed by atoms with Gasteiger partial charge in [-0.2, -0.15) is 8.78 Å². The van der Waals surface area contributed by atoms with Gasteiger partial charge in [0.25, 0.3) is 5.92 Å². The largest absolute Gasteiger partial charge is 0.444 e. The van der Waals surface area contributed by atoms with Crippen LogP contribution < -0.4 is 10.0 Å². The third kappa shape index (κ3) is 7.09. The summed E-state index contributed by atoms with van der Waals surface area (Å²) < 4.78 is 63.1. The molecule has 0 fully saturated rings. The summed E-state index contributed by atoms with van der Waals surface area (Å²) in [6.07, 6.45) is -1.01. The first-order valence-corrected chi connectivity index (χ1v) is 10.0. The predicted octanol–water partition coefficient (Wildman–Crippen LogP) is 4.56. The number of rotatable bonds is 6. The van der Waals surface area contributed by atoms with Gasteiger partial charge in [0, 0.05) is 11.6 Å². The summed E-state index contributed by atoms with van der Waals surface area (Å²) in [6, 6.07) is 2.86. The number of carbonyl (C=O) groups is 1. The quantitative estimate of drug-likeness (QED) is 0.707. The molecule has 0 unspecified atom stereocenters. The first kappa shape index (κ1) is 24.4. The zero-order valence-corrected chi connectivity index (χ0v) is 18.1. The van der Waals surface area contributed by atoms with Gasteiger partial charge < -0.3 is 10.1 Å². The van der Waals surface area contributed by atoms with Crippen molar-refractivity contribution < 1.29 is 26.9 Å². The van der Waals surface area contributed by atoms with Gasteiger partial charge in [0.05, 0.1) is 27.8 Å². The zero-order valence-electron chi connectivity index (χ0n) is 17.3. The maximum atomic E-state index is 14.8. The van der Waals surface area contributed by atoms with E-state index in [1.165, 1.54) is 12.1 Å². The third-order valence-corrected chi connectivity index (χ3v) is 5.26. The van der Waals surface area contributed by atoms with E-state index in [4.69, 9.17) is 4.74 Å². The second-order valence-electron chi connectivity index (χ2n) is 8.49. The number of alkyl carbamates (subject to hydrolysis) is 1. The summed E-state index contributed by atoms with van der Waals surface area (Å²) in [6.45, 7) is 10.5.